The van der Waals surface area contributed by atoms with Gasteiger partial charge in [-0.2, -0.15) is 0 Å². The van der Waals surface area contributed by atoms with E-state index in [1.165, 1.54) is 0 Å². The highest BCUT2D eigenvalue weighted by Crippen LogP contribution is 2.49. The average Bonchev–Trinajstić information content (AvgIpc) is 2.54. The zero-order valence-electron chi connectivity index (χ0n) is 9.58. The van der Waals surface area contributed by atoms with E-state index >= 15 is 0 Å². The second-order valence-electron chi connectivity index (χ2n) is 4.43. The Morgan fingerprint density at radius 3 is 2.88 bits per heavy atom. The Morgan fingerprint density at radius 2 is 2.38 bits per heavy atom. The Balaban J connectivity index is 2.19. The molecule has 0 aromatic heterocycles. The van der Waals surface area contributed by atoms with Gasteiger partial charge in [-0.3, -0.25) is 9.09 Å². The van der Waals surface area contributed by atoms with Crippen molar-refractivity contribution in [3.05, 3.63) is 0 Å². The maximum Gasteiger partial charge on any atom is 0.325 e. The van der Waals surface area contributed by atoms with Gasteiger partial charge in [0.2, 0.25) is 0 Å². The molecule has 1 N–H and O–H groups in total. The van der Waals surface area contributed by atoms with Crippen molar-refractivity contribution in [1.29, 1.82) is 0 Å². The topological polar surface area (TPSA) is 74.2 Å². The predicted octanol–water partition coefficient (Wildman–Crippen LogP) is -1.04. The van der Waals surface area contributed by atoms with Crippen LogP contribution in [0, 0.1) is 0 Å². The van der Waals surface area contributed by atoms with Crippen LogP contribution in [0.15, 0.2) is 0 Å². The van der Waals surface area contributed by atoms with Gasteiger partial charge in [-0.25, -0.2) is 0 Å². The molecule has 0 aliphatic carbocycles. The van der Waals surface area contributed by atoms with E-state index < -0.39 is 19.3 Å². The molecule has 3 unspecified atom stereocenters. The third kappa shape index (κ3) is 2.08. The molecule has 2 aliphatic rings. The van der Waals surface area contributed by atoms with Crippen LogP contribution in [0.5, 0.6) is 0 Å². The smallest absolute Gasteiger partial charge is 0.325 e. The molecule has 0 aromatic carbocycles. The Labute approximate surface area is 95.1 Å². The highest BCUT2D eigenvalue weighted by molar-refractivity contribution is 7.51. The number of hydrogen-bond donors (Lipinski definition) is 1. The van der Waals surface area contributed by atoms with Gasteiger partial charge in [0.05, 0.1) is 19.2 Å². The summed E-state index contributed by atoms with van der Waals surface area (Å²) in [6.07, 6.45) is -0.834. The normalized spacial score (nSPS) is 45.8. The van der Waals surface area contributed by atoms with Gasteiger partial charge in [-0.1, -0.05) is 0 Å². The molecule has 0 aromatic rings. The first-order valence-corrected chi connectivity index (χ1v) is 7.17. The number of ether oxygens (including phenoxy) is 3. The molecular formula is C8H16BO6P. The Morgan fingerprint density at radius 1 is 1.69 bits per heavy atom. The van der Waals surface area contributed by atoms with Crippen molar-refractivity contribution in [2.75, 3.05) is 27.0 Å². The van der Waals surface area contributed by atoms with Gasteiger partial charge in [0.25, 0.3) is 0 Å². The molecule has 0 radical (unpaired) electrons. The zero-order chi connectivity index (χ0) is 12.0. The molecule has 92 valence electrons. The zero-order valence-corrected chi connectivity index (χ0v) is 10.5. The first-order valence-electron chi connectivity index (χ1n) is 5.15. The number of fused-ring (bicyclic) bond motifs is 2. The van der Waals surface area contributed by atoms with Crippen LogP contribution in [-0.2, 0) is 23.3 Å². The Bertz CT molecular complexity index is 320. The molecule has 6 nitrogen and oxygen atoms in total. The maximum absolute atomic E-state index is 11.3. The molecule has 2 aliphatic heterocycles. The molecule has 2 saturated heterocycles. The van der Waals surface area contributed by atoms with Crippen molar-refractivity contribution < 1.29 is 28.2 Å². The molecule has 0 saturated carbocycles. The molecule has 2 heterocycles. The summed E-state index contributed by atoms with van der Waals surface area (Å²) < 4.78 is 32.9. The number of methoxy groups -OCH3 is 1. The Kier molecular flexibility index (Phi) is 3.20. The van der Waals surface area contributed by atoms with Crippen LogP contribution in [0.2, 0.25) is 0 Å². The summed E-state index contributed by atoms with van der Waals surface area (Å²) in [7, 11) is -0.150. The first kappa shape index (κ1) is 12.5. The van der Waals surface area contributed by atoms with Gasteiger partial charge < -0.3 is 19.1 Å². The number of rotatable bonds is 4. The van der Waals surface area contributed by atoms with Crippen LogP contribution in [0.3, 0.4) is 0 Å². The number of hydrogen-bond acceptors (Lipinski definition) is 5. The van der Waals surface area contributed by atoms with Crippen molar-refractivity contribution in [3.63, 3.8) is 0 Å². The lowest BCUT2D eigenvalue weighted by molar-refractivity contribution is -0.141. The SMILES string of the molecule is B[C@@H]1OC2(COC)COC1[C@@H]2OP(C)(=O)O. The summed E-state index contributed by atoms with van der Waals surface area (Å²) in [5.74, 6) is 0. The molecular weight excluding hydrogens is 234 g/mol. The highest BCUT2D eigenvalue weighted by Gasteiger charge is 2.62. The lowest BCUT2D eigenvalue weighted by Gasteiger charge is -2.30. The average molecular weight is 250 g/mol. The fraction of sp³-hybridized carbons (Fsp3) is 1.00. The van der Waals surface area contributed by atoms with Gasteiger partial charge >= 0.3 is 7.60 Å². The minimum atomic E-state index is -3.56. The van der Waals surface area contributed by atoms with Crippen molar-refractivity contribution >= 4 is 15.4 Å². The van der Waals surface area contributed by atoms with Crippen LogP contribution in [0.4, 0.5) is 0 Å². The summed E-state index contributed by atoms with van der Waals surface area (Å²) in [4.78, 5) is 9.29. The second-order valence-corrected chi connectivity index (χ2v) is 6.24. The first-order chi connectivity index (χ1) is 7.38. The van der Waals surface area contributed by atoms with Gasteiger partial charge in [-0.15, -0.1) is 0 Å². The highest BCUT2D eigenvalue weighted by atomic mass is 31.2. The van der Waals surface area contributed by atoms with E-state index in [2.05, 4.69) is 0 Å². The third-order valence-electron chi connectivity index (χ3n) is 2.92. The van der Waals surface area contributed by atoms with E-state index in [1.54, 1.807) is 7.11 Å². The van der Waals surface area contributed by atoms with Gasteiger partial charge in [-0.05, 0) is 0 Å². The van der Waals surface area contributed by atoms with E-state index in [4.69, 9.17) is 18.7 Å². The standard InChI is InChI=1S/C8H16BO6P/c1-12-3-8-4-13-5(7(9)14-8)6(8)15-16(2,10)11/h5-7H,3-4,9H2,1-2H3,(H,10,11)/t5?,6-,7+,8?/m0/s1. The fourth-order valence-corrected chi connectivity index (χ4v) is 3.13. The quantitative estimate of drug-likeness (QED) is 0.507. The maximum atomic E-state index is 11.3. The van der Waals surface area contributed by atoms with Crippen molar-refractivity contribution in [2.24, 2.45) is 0 Å². The summed E-state index contributed by atoms with van der Waals surface area (Å²) in [5.41, 5.74) is -0.743. The van der Waals surface area contributed by atoms with E-state index in [-0.39, 0.29) is 12.1 Å². The molecule has 0 spiro atoms. The minimum absolute atomic E-state index is 0.152. The van der Waals surface area contributed by atoms with Gasteiger partial charge in [0.1, 0.15) is 25.7 Å². The van der Waals surface area contributed by atoms with Crippen LogP contribution < -0.4 is 0 Å². The lowest BCUT2D eigenvalue weighted by atomic mass is 9.92. The van der Waals surface area contributed by atoms with Crippen LogP contribution in [-0.4, -0.2) is 63.5 Å². The van der Waals surface area contributed by atoms with E-state index in [0.717, 1.165) is 6.66 Å². The fourth-order valence-electron chi connectivity index (χ4n) is 2.40. The van der Waals surface area contributed by atoms with E-state index in [1.807, 2.05) is 7.85 Å². The monoisotopic (exact) mass is 250 g/mol. The summed E-state index contributed by atoms with van der Waals surface area (Å²) in [6, 6.07) is -0.152. The van der Waals surface area contributed by atoms with Crippen molar-refractivity contribution in [3.8, 4) is 0 Å². The largest absolute Gasteiger partial charge is 0.381 e. The lowest BCUT2D eigenvalue weighted by Crippen LogP contribution is -2.45. The molecule has 2 fully saturated rings. The van der Waals surface area contributed by atoms with Crippen LogP contribution in [0.1, 0.15) is 0 Å². The minimum Gasteiger partial charge on any atom is -0.381 e. The molecule has 16 heavy (non-hydrogen) atoms. The summed E-state index contributed by atoms with van der Waals surface area (Å²) >= 11 is 0. The van der Waals surface area contributed by atoms with Crippen LogP contribution >= 0.6 is 7.60 Å². The third-order valence-corrected chi connectivity index (χ3v) is 3.54. The summed E-state index contributed by atoms with van der Waals surface area (Å²) in [5, 5.41) is 0. The molecule has 8 heteroatoms. The van der Waals surface area contributed by atoms with E-state index in [0.29, 0.717) is 13.2 Å². The van der Waals surface area contributed by atoms with Gasteiger partial charge in [0.15, 0.2) is 0 Å². The van der Waals surface area contributed by atoms with Crippen molar-refractivity contribution in [2.45, 2.75) is 23.8 Å². The van der Waals surface area contributed by atoms with Crippen LogP contribution in [0.25, 0.3) is 0 Å². The molecule has 2 bridgehead atoms. The molecule has 2 rings (SSSR count). The van der Waals surface area contributed by atoms with Gasteiger partial charge in [0, 0.05) is 13.8 Å². The molecule has 5 atom stereocenters. The predicted molar refractivity (Wildman–Crippen MR) is 58.4 cm³/mol. The second kappa shape index (κ2) is 4.08. The van der Waals surface area contributed by atoms with E-state index in [9.17, 15) is 9.46 Å². The van der Waals surface area contributed by atoms with Crippen molar-refractivity contribution in [1.82, 2.24) is 0 Å². The molecule has 0 amide bonds. The Hall–Kier alpha value is 0.0949. The summed E-state index contributed by atoms with van der Waals surface area (Å²) in [6.45, 7) is 1.79.